The average molecular weight is 216 g/mol. The molecule has 0 unspecified atom stereocenters. The lowest BCUT2D eigenvalue weighted by Gasteiger charge is -2.22. The highest BCUT2D eigenvalue weighted by Gasteiger charge is 2.14. The molecule has 0 aromatic rings. The van der Waals surface area contributed by atoms with E-state index in [0.29, 0.717) is 11.0 Å². The van der Waals surface area contributed by atoms with E-state index in [-0.39, 0.29) is 5.91 Å². The summed E-state index contributed by atoms with van der Waals surface area (Å²) < 4.78 is 0.438. The lowest BCUT2D eigenvalue weighted by molar-refractivity contribution is -0.125. The Balaban J connectivity index is 2.54. The summed E-state index contributed by atoms with van der Waals surface area (Å²) in [5, 5.41) is 0. The molecule has 60 valence electrons. The van der Waals surface area contributed by atoms with Crippen molar-refractivity contribution in [2.24, 2.45) is 0 Å². The maximum Gasteiger partial charge on any atom is 0.260 e. The average Bonchev–Trinajstić information content (AvgIpc) is 2.05. The molecule has 1 amide bonds. The standard InChI is InChI=1S/C8H10BrNO/c1-7(9)8(11)10-5-3-2-4-6-10/h2-3H,1,4-6H2. The molecule has 1 heterocycles. The highest BCUT2D eigenvalue weighted by atomic mass is 79.9. The quantitative estimate of drug-likeness (QED) is 0.482. The smallest absolute Gasteiger partial charge is 0.260 e. The van der Waals surface area contributed by atoms with Crippen LogP contribution in [0.1, 0.15) is 6.42 Å². The zero-order valence-electron chi connectivity index (χ0n) is 6.22. The molecular weight excluding hydrogens is 206 g/mol. The number of hydrogen-bond donors (Lipinski definition) is 0. The fourth-order valence-electron chi connectivity index (χ4n) is 0.997. The van der Waals surface area contributed by atoms with E-state index in [1.54, 1.807) is 4.90 Å². The lowest BCUT2D eigenvalue weighted by Crippen LogP contribution is -2.33. The number of rotatable bonds is 1. The van der Waals surface area contributed by atoms with Gasteiger partial charge in [-0.05, 0) is 22.4 Å². The van der Waals surface area contributed by atoms with Crippen molar-refractivity contribution in [1.82, 2.24) is 4.90 Å². The van der Waals surface area contributed by atoms with Crippen molar-refractivity contribution in [3.8, 4) is 0 Å². The molecule has 0 fully saturated rings. The van der Waals surface area contributed by atoms with Gasteiger partial charge in [0.15, 0.2) is 0 Å². The van der Waals surface area contributed by atoms with Gasteiger partial charge in [-0.25, -0.2) is 0 Å². The highest BCUT2D eigenvalue weighted by molar-refractivity contribution is 9.12. The van der Waals surface area contributed by atoms with Gasteiger partial charge in [-0.1, -0.05) is 18.7 Å². The van der Waals surface area contributed by atoms with Crippen LogP contribution in [-0.4, -0.2) is 23.9 Å². The summed E-state index contributed by atoms with van der Waals surface area (Å²) in [5.41, 5.74) is 0. The molecule has 11 heavy (non-hydrogen) atoms. The third-order valence-corrected chi connectivity index (χ3v) is 1.92. The van der Waals surface area contributed by atoms with Gasteiger partial charge in [-0.15, -0.1) is 0 Å². The largest absolute Gasteiger partial charge is 0.334 e. The van der Waals surface area contributed by atoms with Gasteiger partial charge in [0.25, 0.3) is 5.91 Å². The number of amides is 1. The predicted molar refractivity (Wildman–Crippen MR) is 48.4 cm³/mol. The molecule has 1 aliphatic heterocycles. The summed E-state index contributed by atoms with van der Waals surface area (Å²) in [4.78, 5) is 13.0. The van der Waals surface area contributed by atoms with Crippen LogP contribution in [0.3, 0.4) is 0 Å². The number of carbonyl (C=O) groups is 1. The zero-order valence-corrected chi connectivity index (χ0v) is 7.80. The van der Waals surface area contributed by atoms with Crippen molar-refractivity contribution in [3.63, 3.8) is 0 Å². The summed E-state index contributed by atoms with van der Waals surface area (Å²) in [6, 6.07) is 0. The van der Waals surface area contributed by atoms with Gasteiger partial charge in [0.1, 0.15) is 0 Å². The Labute approximate surface area is 74.7 Å². The van der Waals surface area contributed by atoms with Crippen LogP contribution in [0.25, 0.3) is 0 Å². The number of carbonyl (C=O) groups excluding carboxylic acids is 1. The van der Waals surface area contributed by atoms with Crippen LogP contribution >= 0.6 is 15.9 Å². The van der Waals surface area contributed by atoms with Gasteiger partial charge in [0, 0.05) is 13.1 Å². The summed E-state index contributed by atoms with van der Waals surface area (Å²) >= 11 is 3.07. The summed E-state index contributed by atoms with van der Waals surface area (Å²) in [6.07, 6.45) is 5.03. The van der Waals surface area contributed by atoms with E-state index in [2.05, 4.69) is 28.6 Å². The van der Waals surface area contributed by atoms with Crippen LogP contribution in [-0.2, 0) is 4.79 Å². The first kappa shape index (κ1) is 8.53. The van der Waals surface area contributed by atoms with Gasteiger partial charge < -0.3 is 4.90 Å². The Kier molecular flexibility index (Phi) is 2.88. The summed E-state index contributed by atoms with van der Waals surface area (Å²) in [7, 11) is 0. The maximum atomic E-state index is 11.2. The molecule has 0 radical (unpaired) electrons. The maximum absolute atomic E-state index is 11.2. The first-order chi connectivity index (χ1) is 5.22. The Morgan fingerprint density at radius 1 is 1.55 bits per heavy atom. The number of halogens is 1. The molecule has 0 saturated heterocycles. The minimum absolute atomic E-state index is 0.00523. The molecule has 0 spiro atoms. The molecule has 0 bridgehead atoms. The van der Waals surface area contributed by atoms with E-state index in [0.717, 1.165) is 13.0 Å². The minimum atomic E-state index is -0.00523. The monoisotopic (exact) mass is 215 g/mol. The van der Waals surface area contributed by atoms with Crippen molar-refractivity contribution in [2.45, 2.75) is 6.42 Å². The molecule has 0 aromatic heterocycles. The highest BCUT2D eigenvalue weighted by Crippen LogP contribution is 2.09. The second-order valence-electron chi connectivity index (χ2n) is 2.42. The Morgan fingerprint density at radius 2 is 2.27 bits per heavy atom. The fourth-order valence-corrected chi connectivity index (χ4v) is 1.25. The van der Waals surface area contributed by atoms with Crippen LogP contribution in [0.5, 0.6) is 0 Å². The second-order valence-corrected chi connectivity index (χ2v) is 3.37. The molecular formula is C8H10BrNO. The lowest BCUT2D eigenvalue weighted by atomic mass is 10.2. The van der Waals surface area contributed by atoms with Crippen LogP contribution in [0.15, 0.2) is 23.2 Å². The van der Waals surface area contributed by atoms with Crippen molar-refractivity contribution in [3.05, 3.63) is 23.2 Å². The Hall–Kier alpha value is -0.570. The molecule has 0 saturated carbocycles. The molecule has 3 heteroatoms. The SMILES string of the molecule is C=C(Br)C(=O)N1CC=CCC1. The number of nitrogens with zero attached hydrogens (tertiary/aromatic N) is 1. The van der Waals surface area contributed by atoms with Crippen molar-refractivity contribution < 1.29 is 4.79 Å². The van der Waals surface area contributed by atoms with Crippen LogP contribution < -0.4 is 0 Å². The third-order valence-electron chi connectivity index (χ3n) is 1.58. The predicted octanol–water partition coefficient (Wildman–Crippen LogP) is 1.68. The van der Waals surface area contributed by atoms with E-state index in [4.69, 9.17) is 0 Å². The Morgan fingerprint density at radius 3 is 2.73 bits per heavy atom. The molecule has 0 aliphatic carbocycles. The fraction of sp³-hybridized carbons (Fsp3) is 0.375. The number of hydrogen-bond acceptors (Lipinski definition) is 1. The normalized spacial score (nSPS) is 16.6. The van der Waals surface area contributed by atoms with Gasteiger partial charge in [0.05, 0.1) is 4.48 Å². The topological polar surface area (TPSA) is 20.3 Å². The van der Waals surface area contributed by atoms with E-state index in [1.807, 2.05) is 6.08 Å². The van der Waals surface area contributed by atoms with E-state index >= 15 is 0 Å². The van der Waals surface area contributed by atoms with Crippen LogP contribution in [0.4, 0.5) is 0 Å². The van der Waals surface area contributed by atoms with Crippen molar-refractivity contribution >= 4 is 21.8 Å². The molecule has 1 rings (SSSR count). The van der Waals surface area contributed by atoms with Gasteiger partial charge in [-0.2, -0.15) is 0 Å². The molecule has 1 aliphatic rings. The van der Waals surface area contributed by atoms with Gasteiger partial charge in [0.2, 0.25) is 0 Å². The van der Waals surface area contributed by atoms with E-state index < -0.39 is 0 Å². The summed E-state index contributed by atoms with van der Waals surface area (Å²) in [6.45, 7) is 5.05. The Bertz CT molecular complexity index is 210. The molecule has 0 N–H and O–H groups in total. The van der Waals surface area contributed by atoms with Crippen LogP contribution in [0, 0.1) is 0 Å². The molecule has 2 nitrogen and oxygen atoms in total. The minimum Gasteiger partial charge on any atom is -0.334 e. The first-order valence-electron chi connectivity index (χ1n) is 3.50. The van der Waals surface area contributed by atoms with Gasteiger partial charge >= 0.3 is 0 Å². The first-order valence-corrected chi connectivity index (χ1v) is 4.30. The zero-order chi connectivity index (χ0) is 8.27. The van der Waals surface area contributed by atoms with Crippen LogP contribution in [0.2, 0.25) is 0 Å². The second kappa shape index (κ2) is 3.72. The van der Waals surface area contributed by atoms with E-state index in [9.17, 15) is 4.79 Å². The molecule has 0 aromatic carbocycles. The van der Waals surface area contributed by atoms with E-state index in [1.165, 1.54) is 0 Å². The van der Waals surface area contributed by atoms with Crippen molar-refractivity contribution in [1.29, 1.82) is 0 Å². The van der Waals surface area contributed by atoms with Crippen molar-refractivity contribution in [2.75, 3.05) is 13.1 Å². The summed E-state index contributed by atoms with van der Waals surface area (Å²) in [5.74, 6) is -0.00523. The third kappa shape index (κ3) is 2.19. The van der Waals surface area contributed by atoms with Gasteiger partial charge in [-0.3, -0.25) is 4.79 Å². The molecule has 0 atom stereocenters.